The maximum atomic E-state index is 5.22. The molecule has 0 spiro atoms. The molecule has 0 radical (unpaired) electrons. The van der Waals surface area contributed by atoms with Crippen LogP contribution in [0.2, 0.25) is 0 Å². The Bertz CT molecular complexity index is 678. The van der Waals surface area contributed by atoms with E-state index in [1.54, 1.807) is 13.4 Å². The number of anilines is 1. The summed E-state index contributed by atoms with van der Waals surface area (Å²) in [6.07, 6.45) is 5.84. The molecule has 24 heavy (non-hydrogen) atoms. The van der Waals surface area contributed by atoms with Crippen molar-refractivity contribution >= 4 is 5.82 Å². The normalized spacial score (nSPS) is 18.4. The standard InChI is InChI=1S/C18H25N5O/c1-14-9-17(21-13-20-14)22(2)16-5-4-8-23(12-16)11-15-6-7-19-18(10-15)24-3/h6-7,9-10,13,16H,4-5,8,11-12H2,1-3H3. The van der Waals surface area contributed by atoms with Gasteiger partial charge in [-0.05, 0) is 37.9 Å². The first-order valence-corrected chi connectivity index (χ1v) is 8.38. The number of likely N-dealkylation sites (tertiary alicyclic amines) is 1. The molecule has 128 valence electrons. The van der Waals surface area contributed by atoms with Gasteiger partial charge < -0.3 is 9.64 Å². The molecule has 1 fully saturated rings. The average molecular weight is 327 g/mol. The molecule has 6 heteroatoms. The maximum absolute atomic E-state index is 5.22. The van der Waals surface area contributed by atoms with Crippen LogP contribution in [0.4, 0.5) is 5.82 Å². The molecule has 1 atom stereocenters. The third-order valence-electron chi connectivity index (χ3n) is 4.59. The summed E-state index contributed by atoms with van der Waals surface area (Å²) in [5, 5.41) is 0. The monoisotopic (exact) mass is 327 g/mol. The number of piperidine rings is 1. The van der Waals surface area contributed by atoms with Crippen molar-refractivity contribution in [1.82, 2.24) is 19.9 Å². The first-order valence-electron chi connectivity index (χ1n) is 8.38. The fourth-order valence-electron chi connectivity index (χ4n) is 3.23. The van der Waals surface area contributed by atoms with Crippen molar-refractivity contribution in [2.75, 3.05) is 32.1 Å². The van der Waals surface area contributed by atoms with Crippen LogP contribution in [0, 0.1) is 6.92 Å². The summed E-state index contributed by atoms with van der Waals surface area (Å²) in [5.74, 6) is 1.68. The molecule has 0 saturated carbocycles. The average Bonchev–Trinajstić information content (AvgIpc) is 2.61. The predicted molar refractivity (Wildman–Crippen MR) is 94.3 cm³/mol. The minimum Gasteiger partial charge on any atom is -0.481 e. The summed E-state index contributed by atoms with van der Waals surface area (Å²) in [4.78, 5) is 17.6. The molecule has 6 nitrogen and oxygen atoms in total. The number of pyridine rings is 1. The lowest BCUT2D eigenvalue weighted by atomic mass is 10.0. The summed E-state index contributed by atoms with van der Waals surface area (Å²) in [5.41, 5.74) is 2.24. The SMILES string of the molecule is COc1cc(CN2CCCC(N(C)c3cc(C)ncn3)C2)ccn1. The molecule has 0 aromatic carbocycles. The topological polar surface area (TPSA) is 54.4 Å². The first-order chi connectivity index (χ1) is 11.7. The van der Waals surface area contributed by atoms with Gasteiger partial charge in [0.15, 0.2) is 0 Å². The van der Waals surface area contributed by atoms with Crippen LogP contribution in [0.1, 0.15) is 24.1 Å². The Morgan fingerprint density at radius 2 is 2.17 bits per heavy atom. The van der Waals surface area contributed by atoms with E-state index < -0.39 is 0 Å². The van der Waals surface area contributed by atoms with E-state index in [9.17, 15) is 0 Å². The molecule has 1 aliphatic rings. The smallest absolute Gasteiger partial charge is 0.213 e. The molecule has 3 heterocycles. The van der Waals surface area contributed by atoms with Crippen molar-refractivity contribution in [1.29, 1.82) is 0 Å². The Kier molecular flexibility index (Phi) is 5.25. The van der Waals surface area contributed by atoms with Crippen LogP contribution in [0.3, 0.4) is 0 Å². The van der Waals surface area contributed by atoms with E-state index in [0.717, 1.165) is 31.1 Å². The summed E-state index contributed by atoms with van der Waals surface area (Å²) in [6.45, 7) is 5.08. The van der Waals surface area contributed by atoms with Gasteiger partial charge in [0.1, 0.15) is 12.1 Å². The zero-order valence-electron chi connectivity index (χ0n) is 14.6. The Balaban J connectivity index is 1.65. The van der Waals surface area contributed by atoms with Crippen molar-refractivity contribution in [2.24, 2.45) is 0 Å². The van der Waals surface area contributed by atoms with E-state index in [4.69, 9.17) is 4.74 Å². The molecule has 1 saturated heterocycles. The van der Waals surface area contributed by atoms with Gasteiger partial charge in [0, 0.05) is 50.2 Å². The van der Waals surface area contributed by atoms with Gasteiger partial charge in [0.25, 0.3) is 0 Å². The second-order valence-electron chi connectivity index (χ2n) is 6.37. The fourth-order valence-corrected chi connectivity index (χ4v) is 3.23. The van der Waals surface area contributed by atoms with Crippen LogP contribution in [-0.4, -0.2) is 53.1 Å². The molecule has 0 N–H and O–H groups in total. The van der Waals surface area contributed by atoms with Crippen LogP contribution in [-0.2, 0) is 6.54 Å². The van der Waals surface area contributed by atoms with Crippen molar-refractivity contribution in [3.8, 4) is 5.88 Å². The Morgan fingerprint density at radius 1 is 1.29 bits per heavy atom. The Hall–Kier alpha value is -2.21. The Morgan fingerprint density at radius 3 is 2.96 bits per heavy atom. The Labute approximate surface area is 143 Å². The van der Waals surface area contributed by atoms with Gasteiger partial charge in [-0.1, -0.05) is 0 Å². The van der Waals surface area contributed by atoms with E-state index in [1.807, 2.05) is 25.3 Å². The van der Waals surface area contributed by atoms with Crippen molar-refractivity contribution in [3.63, 3.8) is 0 Å². The highest BCUT2D eigenvalue weighted by Gasteiger charge is 2.24. The molecule has 2 aromatic heterocycles. The molecule has 0 amide bonds. The van der Waals surface area contributed by atoms with E-state index in [0.29, 0.717) is 11.9 Å². The number of aromatic nitrogens is 3. The third-order valence-corrected chi connectivity index (χ3v) is 4.59. The van der Waals surface area contributed by atoms with E-state index in [2.05, 4.69) is 37.9 Å². The number of methoxy groups -OCH3 is 1. The highest BCUT2D eigenvalue weighted by molar-refractivity contribution is 5.39. The van der Waals surface area contributed by atoms with Crippen LogP contribution < -0.4 is 9.64 Å². The summed E-state index contributed by atoms with van der Waals surface area (Å²) < 4.78 is 5.22. The van der Waals surface area contributed by atoms with E-state index in [1.165, 1.54) is 18.4 Å². The lowest BCUT2D eigenvalue weighted by molar-refractivity contribution is 0.198. The minimum atomic E-state index is 0.469. The highest BCUT2D eigenvalue weighted by Crippen LogP contribution is 2.21. The first kappa shape index (κ1) is 16.6. The number of hydrogen-bond donors (Lipinski definition) is 0. The molecule has 3 rings (SSSR count). The van der Waals surface area contributed by atoms with Gasteiger partial charge in [0.2, 0.25) is 5.88 Å². The van der Waals surface area contributed by atoms with Crippen LogP contribution in [0.5, 0.6) is 5.88 Å². The molecule has 1 aliphatic heterocycles. The molecular weight excluding hydrogens is 302 g/mol. The van der Waals surface area contributed by atoms with Crippen LogP contribution in [0.15, 0.2) is 30.7 Å². The van der Waals surface area contributed by atoms with Crippen LogP contribution in [0.25, 0.3) is 0 Å². The molecule has 1 unspecified atom stereocenters. The molecule has 0 bridgehead atoms. The molecular formula is C18H25N5O. The van der Waals surface area contributed by atoms with Gasteiger partial charge in [-0.2, -0.15) is 0 Å². The quantitative estimate of drug-likeness (QED) is 0.840. The van der Waals surface area contributed by atoms with Gasteiger partial charge in [-0.3, -0.25) is 4.90 Å². The lowest BCUT2D eigenvalue weighted by Crippen LogP contribution is -2.46. The van der Waals surface area contributed by atoms with Crippen molar-refractivity contribution < 1.29 is 4.74 Å². The number of nitrogens with zero attached hydrogens (tertiary/aromatic N) is 5. The van der Waals surface area contributed by atoms with Gasteiger partial charge in [-0.25, -0.2) is 15.0 Å². The summed E-state index contributed by atoms with van der Waals surface area (Å²) in [7, 11) is 3.78. The van der Waals surface area contributed by atoms with Gasteiger partial charge in [-0.15, -0.1) is 0 Å². The number of rotatable bonds is 5. The zero-order chi connectivity index (χ0) is 16.9. The number of ether oxygens (including phenoxy) is 1. The lowest BCUT2D eigenvalue weighted by Gasteiger charge is -2.38. The van der Waals surface area contributed by atoms with Crippen LogP contribution >= 0.6 is 0 Å². The van der Waals surface area contributed by atoms with Gasteiger partial charge in [0.05, 0.1) is 7.11 Å². The van der Waals surface area contributed by atoms with Crippen molar-refractivity contribution in [3.05, 3.63) is 42.0 Å². The largest absolute Gasteiger partial charge is 0.481 e. The third kappa shape index (κ3) is 4.00. The summed E-state index contributed by atoms with van der Waals surface area (Å²) >= 11 is 0. The number of likely N-dealkylation sites (N-methyl/N-ethyl adjacent to an activating group) is 1. The molecule has 0 aliphatic carbocycles. The second-order valence-corrected chi connectivity index (χ2v) is 6.37. The van der Waals surface area contributed by atoms with Gasteiger partial charge >= 0.3 is 0 Å². The fraction of sp³-hybridized carbons (Fsp3) is 0.500. The minimum absolute atomic E-state index is 0.469. The highest BCUT2D eigenvalue weighted by atomic mass is 16.5. The maximum Gasteiger partial charge on any atom is 0.213 e. The number of aryl methyl sites for hydroxylation is 1. The van der Waals surface area contributed by atoms with E-state index in [-0.39, 0.29) is 0 Å². The predicted octanol–water partition coefficient (Wildman–Crippen LogP) is 2.29. The zero-order valence-corrected chi connectivity index (χ0v) is 14.6. The summed E-state index contributed by atoms with van der Waals surface area (Å²) in [6, 6.07) is 6.59. The second kappa shape index (κ2) is 7.57. The number of hydrogen-bond acceptors (Lipinski definition) is 6. The molecule has 2 aromatic rings. The van der Waals surface area contributed by atoms with Crippen molar-refractivity contribution in [2.45, 2.75) is 32.4 Å². The van der Waals surface area contributed by atoms with E-state index >= 15 is 0 Å².